The van der Waals surface area contributed by atoms with E-state index < -0.39 is 11.7 Å². The third-order valence-electron chi connectivity index (χ3n) is 6.10. The predicted molar refractivity (Wildman–Crippen MR) is 144 cm³/mol. The van der Waals surface area contributed by atoms with Crippen molar-refractivity contribution in [3.8, 4) is 0 Å². The Morgan fingerprint density at radius 1 is 1.16 bits per heavy atom. The fourth-order valence-corrected chi connectivity index (χ4v) is 4.63. The Kier molecular flexibility index (Phi) is 9.35. The number of rotatable bonds is 9. The summed E-state index contributed by atoms with van der Waals surface area (Å²) in [5.74, 6) is -0.200. The van der Waals surface area contributed by atoms with Crippen molar-refractivity contribution in [1.82, 2.24) is 10.2 Å². The summed E-state index contributed by atoms with van der Waals surface area (Å²) in [4.78, 5) is 39.8. The number of esters is 1. The maximum absolute atomic E-state index is 13.1. The molecule has 1 unspecified atom stereocenters. The lowest BCUT2D eigenvalue weighted by molar-refractivity contribution is -0.143. The number of allylic oxidation sites excluding steroid dienone is 4. The highest BCUT2D eigenvalue weighted by Crippen LogP contribution is 2.42. The zero-order chi connectivity index (χ0) is 27.2. The first-order valence-corrected chi connectivity index (χ1v) is 13.1. The summed E-state index contributed by atoms with van der Waals surface area (Å²) >= 11 is 0. The largest absolute Gasteiger partial charge is 0.466 e. The summed E-state index contributed by atoms with van der Waals surface area (Å²) < 4.78 is 10.6. The molecule has 1 N–H and O–H groups in total. The van der Waals surface area contributed by atoms with Crippen molar-refractivity contribution in [3.05, 3.63) is 65.0 Å². The lowest BCUT2D eigenvalue weighted by Gasteiger charge is -2.37. The number of amides is 1. The van der Waals surface area contributed by atoms with Gasteiger partial charge in [-0.15, -0.1) is 0 Å². The minimum atomic E-state index is -0.601. The zero-order valence-electron chi connectivity index (χ0n) is 22.9. The van der Waals surface area contributed by atoms with Crippen LogP contribution in [0.25, 0.3) is 5.57 Å². The molecule has 1 heterocycles. The number of alkyl carbamates (subject to hydrolysis) is 1. The minimum Gasteiger partial charge on any atom is -0.466 e. The molecule has 37 heavy (non-hydrogen) atoms. The van der Waals surface area contributed by atoms with E-state index >= 15 is 0 Å². The Labute approximate surface area is 220 Å². The molecular weight excluding hydrogens is 468 g/mol. The molecule has 0 fully saturated rings. The van der Waals surface area contributed by atoms with Crippen LogP contribution in [0, 0.1) is 11.8 Å². The van der Waals surface area contributed by atoms with Crippen LogP contribution in [0.1, 0.15) is 66.4 Å². The molecule has 1 atom stereocenters. The van der Waals surface area contributed by atoms with Gasteiger partial charge >= 0.3 is 12.1 Å². The van der Waals surface area contributed by atoms with E-state index in [4.69, 9.17) is 9.47 Å². The van der Waals surface area contributed by atoms with E-state index in [2.05, 4.69) is 24.1 Å². The Bertz CT molecular complexity index is 1090. The molecule has 7 nitrogen and oxygen atoms in total. The van der Waals surface area contributed by atoms with Crippen molar-refractivity contribution in [2.75, 3.05) is 19.7 Å². The molecule has 1 aromatic carbocycles. The Morgan fingerprint density at radius 2 is 1.86 bits per heavy atom. The number of fused-ring (bicyclic) bond motifs is 1. The van der Waals surface area contributed by atoms with Gasteiger partial charge in [0.25, 0.3) is 0 Å². The van der Waals surface area contributed by atoms with Crippen LogP contribution in [0.2, 0.25) is 0 Å². The number of Topliss-reactive ketones (excluding diaryl/α,β-unsaturated/α-hetero) is 1. The van der Waals surface area contributed by atoms with E-state index in [9.17, 15) is 14.4 Å². The van der Waals surface area contributed by atoms with Gasteiger partial charge in [-0.1, -0.05) is 50.3 Å². The van der Waals surface area contributed by atoms with Gasteiger partial charge in [-0.25, -0.2) is 4.79 Å². The van der Waals surface area contributed by atoms with Crippen molar-refractivity contribution in [2.24, 2.45) is 11.8 Å². The van der Waals surface area contributed by atoms with Gasteiger partial charge < -0.3 is 19.7 Å². The highest BCUT2D eigenvalue weighted by molar-refractivity contribution is 5.96. The smallest absolute Gasteiger partial charge is 0.407 e. The summed E-state index contributed by atoms with van der Waals surface area (Å²) in [7, 11) is 0. The number of nitrogens with one attached hydrogen (secondary N) is 1. The summed E-state index contributed by atoms with van der Waals surface area (Å²) in [5, 5.41) is 2.94. The van der Waals surface area contributed by atoms with Crippen LogP contribution in [0.5, 0.6) is 0 Å². The quantitative estimate of drug-likeness (QED) is 0.435. The highest BCUT2D eigenvalue weighted by Gasteiger charge is 2.33. The summed E-state index contributed by atoms with van der Waals surface area (Å²) in [5.41, 5.74) is 4.28. The molecule has 3 rings (SSSR count). The molecule has 1 amide bonds. The molecule has 0 radical (unpaired) electrons. The first-order valence-electron chi connectivity index (χ1n) is 13.1. The van der Waals surface area contributed by atoms with Gasteiger partial charge in [0.15, 0.2) is 0 Å². The third-order valence-corrected chi connectivity index (χ3v) is 6.10. The van der Waals surface area contributed by atoms with E-state index in [-0.39, 0.29) is 30.6 Å². The van der Waals surface area contributed by atoms with Gasteiger partial charge in [0.2, 0.25) is 0 Å². The normalized spacial score (nSPS) is 17.8. The van der Waals surface area contributed by atoms with E-state index in [1.807, 2.05) is 63.4 Å². The lowest BCUT2D eigenvalue weighted by atomic mass is 9.77. The molecule has 0 saturated heterocycles. The molecule has 200 valence electrons. The van der Waals surface area contributed by atoms with Gasteiger partial charge in [-0.05, 0) is 56.7 Å². The standard InChI is InChI=1S/C30H40N2O5/c1-7-36-27(34)14-13-22-15-24-23(16-26(22)33)19-32(18-20(2)3)25(17-31-29(35)37-30(4,5)6)28(24)21-11-9-8-10-12-21/h8-12,15,19-20,22H,7,13-14,16-18H2,1-6H3,(H,31,35). The van der Waals surface area contributed by atoms with Crippen LogP contribution in [0.3, 0.4) is 0 Å². The molecule has 0 spiro atoms. The number of benzene rings is 1. The van der Waals surface area contributed by atoms with E-state index in [1.54, 1.807) is 6.92 Å². The first-order chi connectivity index (χ1) is 17.5. The van der Waals surface area contributed by atoms with Gasteiger partial charge in [-0.3, -0.25) is 9.59 Å². The van der Waals surface area contributed by atoms with E-state index in [1.165, 1.54) is 0 Å². The first kappa shape index (κ1) is 28.2. The molecule has 0 saturated carbocycles. The minimum absolute atomic E-state index is 0.103. The topological polar surface area (TPSA) is 84.9 Å². The SMILES string of the molecule is CCOC(=O)CCC1C=C2C(=CN(CC(C)C)C(CNC(=O)OC(C)(C)C)=C2c2ccccc2)CC1=O. The van der Waals surface area contributed by atoms with Crippen LogP contribution >= 0.6 is 0 Å². The molecule has 0 aromatic heterocycles. The van der Waals surface area contributed by atoms with E-state index in [0.717, 1.165) is 34.5 Å². The second kappa shape index (κ2) is 12.3. The van der Waals surface area contributed by atoms with Crippen LogP contribution in [0.15, 0.2) is 59.5 Å². The Balaban J connectivity index is 2.05. The van der Waals surface area contributed by atoms with E-state index in [0.29, 0.717) is 25.4 Å². The second-order valence-electron chi connectivity index (χ2n) is 10.9. The van der Waals surface area contributed by atoms with Gasteiger partial charge in [0.05, 0.1) is 13.2 Å². The predicted octanol–water partition coefficient (Wildman–Crippen LogP) is 5.64. The second-order valence-corrected chi connectivity index (χ2v) is 10.9. The molecule has 1 aromatic rings. The van der Waals surface area contributed by atoms with Crippen LogP contribution in [-0.2, 0) is 19.1 Å². The number of carbonyl (C=O) groups is 3. The number of carbonyl (C=O) groups excluding carboxylic acids is 3. The van der Waals surface area contributed by atoms with Crippen molar-refractivity contribution < 1.29 is 23.9 Å². The molecule has 2 aliphatic rings. The fourth-order valence-electron chi connectivity index (χ4n) is 4.63. The Morgan fingerprint density at radius 3 is 2.49 bits per heavy atom. The summed E-state index contributed by atoms with van der Waals surface area (Å²) in [6.07, 6.45) is 4.48. The van der Waals surface area contributed by atoms with Gasteiger partial charge in [0, 0.05) is 42.8 Å². The number of ether oxygens (including phenoxy) is 2. The molecular formula is C30H40N2O5. The maximum Gasteiger partial charge on any atom is 0.407 e. The molecule has 7 heteroatoms. The van der Waals surface area contributed by atoms with Gasteiger partial charge in [-0.2, -0.15) is 0 Å². The van der Waals surface area contributed by atoms with Crippen molar-refractivity contribution in [2.45, 2.75) is 66.4 Å². The fraction of sp³-hybridized carbons (Fsp3) is 0.500. The number of nitrogens with zero attached hydrogens (tertiary/aromatic N) is 1. The average molecular weight is 509 g/mol. The number of ketones is 1. The molecule has 1 aliphatic heterocycles. The lowest BCUT2D eigenvalue weighted by Crippen LogP contribution is -2.38. The average Bonchev–Trinajstić information content (AvgIpc) is 2.80. The highest BCUT2D eigenvalue weighted by atomic mass is 16.6. The van der Waals surface area contributed by atoms with Crippen molar-refractivity contribution in [1.29, 1.82) is 0 Å². The van der Waals surface area contributed by atoms with Crippen LogP contribution < -0.4 is 5.32 Å². The van der Waals surface area contributed by atoms with Crippen molar-refractivity contribution in [3.63, 3.8) is 0 Å². The third kappa shape index (κ3) is 7.81. The van der Waals surface area contributed by atoms with Crippen LogP contribution in [-0.4, -0.2) is 48.0 Å². The maximum atomic E-state index is 13.1. The monoisotopic (exact) mass is 508 g/mol. The number of hydrogen-bond acceptors (Lipinski definition) is 6. The number of hydrogen-bond donors (Lipinski definition) is 1. The summed E-state index contributed by atoms with van der Waals surface area (Å²) in [6, 6.07) is 10.0. The van der Waals surface area contributed by atoms with Crippen molar-refractivity contribution >= 4 is 23.4 Å². The van der Waals surface area contributed by atoms with Gasteiger partial charge in [0.1, 0.15) is 11.4 Å². The molecule has 0 bridgehead atoms. The molecule has 1 aliphatic carbocycles. The zero-order valence-corrected chi connectivity index (χ0v) is 22.9. The van der Waals surface area contributed by atoms with Crippen LogP contribution in [0.4, 0.5) is 4.79 Å². The summed E-state index contributed by atoms with van der Waals surface area (Å²) in [6.45, 7) is 12.9. The Hall–Kier alpha value is -3.35.